The van der Waals surface area contributed by atoms with Gasteiger partial charge in [0, 0.05) is 0 Å². The molecule has 0 spiro atoms. The number of ether oxygens (including phenoxy) is 1. The fourth-order valence-corrected chi connectivity index (χ4v) is 1.50. The third kappa shape index (κ3) is 6.13. The molecule has 0 fully saturated rings. The van der Waals surface area contributed by atoms with Crippen LogP contribution < -0.4 is 5.48 Å². The molecule has 116 valence electrons. The molecule has 1 aromatic carbocycles. The Kier molecular flexibility index (Phi) is 5.54. The molecule has 1 rings (SSSR count). The van der Waals surface area contributed by atoms with Gasteiger partial charge in [0.25, 0.3) is 0 Å². The molecule has 0 saturated carbocycles. The van der Waals surface area contributed by atoms with E-state index in [-0.39, 0.29) is 12.4 Å². The fourth-order valence-electron chi connectivity index (χ4n) is 1.50. The van der Waals surface area contributed by atoms with Crippen LogP contribution in [-0.2, 0) is 14.4 Å². The first-order chi connectivity index (χ1) is 9.69. The quantitative estimate of drug-likeness (QED) is 0.718. The van der Waals surface area contributed by atoms with E-state index in [1.807, 2.05) is 5.48 Å². The summed E-state index contributed by atoms with van der Waals surface area (Å²) in [6, 6.07) is 5.72. The molecule has 7 heteroatoms. The number of amides is 1. The van der Waals surface area contributed by atoms with Crippen molar-refractivity contribution in [2.45, 2.75) is 32.3 Å². The van der Waals surface area contributed by atoms with Crippen molar-refractivity contribution in [2.24, 2.45) is 0 Å². The van der Waals surface area contributed by atoms with Crippen LogP contribution in [0.3, 0.4) is 0 Å². The van der Waals surface area contributed by atoms with E-state index < -0.39 is 23.6 Å². The molecule has 0 aliphatic rings. The predicted octanol–water partition coefficient (Wildman–Crippen LogP) is 2.02. The molecule has 3 N–H and O–H groups in total. The number of aliphatic carboxylic acids is 1. The summed E-state index contributed by atoms with van der Waals surface area (Å²) in [5.41, 5.74) is 1.81. The summed E-state index contributed by atoms with van der Waals surface area (Å²) in [5.74, 6) is -2.04. The van der Waals surface area contributed by atoms with Crippen LogP contribution in [0.4, 0.5) is 4.79 Å². The van der Waals surface area contributed by atoms with Crippen LogP contribution in [0.25, 0.3) is 0 Å². The summed E-state index contributed by atoms with van der Waals surface area (Å²) in [6.07, 6.45) is -0.794. The van der Waals surface area contributed by atoms with Crippen LogP contribution in [0.15, 0.2) is 24.3 Å². The normalized spacial score (nSPS) is 12.5. The minimum Gasteiger partial charge on any atom is -0.508 e. The number of carbonyl (C=O) groups excluding carboxylic acids is 1. The molecule has 1 amide bonds. The van der Waals surface area contributed by atoms with E-state index in [0.717, 1.165) is 0 Å². The average molecular weight is 297 g/mol. The zero-order chi connectivity index (χ0) is 16.0. The minimum absolute atomic E-state index is 0.0377. The second-order valence-electron chi connectivity index (χ2n) is 5.40. The standard InChI is InChI=1S/C14H19NO6/c1-14(2,3)21-13(19)15-20-8-11(12(17)18)9-4-6-10(16)7-5-9/h4-7,11,16H,8H2,1-3H3,(H,15,19)(H,17,18). The summed E-state index contributed by atoms with van der Waals surface area (Å²) < 4.78 is 4.95. The maximum atomic E-state index is 11.4. The summed E-state index contributed by atoms with van der Waals surface area (Å²) in [7, 11) is 0. The van der Waals surface area contributed by atoms with Crippen molar-refractivity contribution in [3.63, 3.8) is 0 Å². The molecule has 0 radical (unpaired) electrons. The van der Waals surface area contributed by atoms with Crippen molar-refractivity contribution in [3.8, 4) is 5.75 Å². The van der Waals surface area contributed by atoms with Crippen LogP contribution in [0.5, 0.6) is 5.75 Å². The first-order valence-electron chi connectivity index (χ1n) is 6.31. The Hall–Kier alpha value is -2.28. The van der Waals surface area contributed by atoms with E-state index in [1.165, 1.54) is 24.3 Å². The van der Waals surface area contributed by atoms with E-state index >= 15 is 0 Å². The summed E-state index contributed by atoms with van der Waals surface area (Å²) >= 11 is 0. The zero-order valence-corrected chi connectivity index (χ0v) is 12.1. The lowest BCUT2D eigenvalue weighted by molar-refractivity contribution is -0.141. The highest BCUT2D eigenvalue weighted by molar-refractivity contribution is 5.76. The van der Waals surface area contributed by atoms with Gasteiger partial charge in [-0.25, -0.2) is 4.79 Å². The monoisotopic (exact) mass is 297 g/mol. The average Bonchev–Trinajstić information content (AvgIpc) is 2.33. The summed E-state index contributed by atoms with van der Waals surface area (Å²) in [4.78, 5) is 27.4. The second kappa shape index (κ2) is 6.94. The Morgan fingerprint density at radius 1 is 1.24 bits per heavy atom. The topological polar surface area (TPSA) is 105 Å². The molecular weight excluding hydrogens is 278 g/mol. The van der Waals surface area contributed by atoms with Crippen LogP contribution in [0.2, 0.25) is 0 Å². The fraction of sp³-hybridized carbons (Fsp3) is 0.429. The smallest absolute Gasteiger partial charge is 0.431 e. The number of hydroxylamine groups is 1. The first kappa shape index (κ1) is 16.8. The Balaban J connectivity index is 2.55. The lowest BCUT2D eigenvalue weighted by atomic mass is 10.0. The molecule has 0 aliphatic heterocycles. The third-order valence-corrected chi connectivity index (χ3v) is 2.40. The van der Waals surface area contributed by atoms with Gasteiger partial charge in [0.1, 0.15) is 17.3 Å². The van der Waals surface area contributed by atoms with Gasteiger partial charge in [0.15, 0.2) is 0 Å². The van der Waals surface area contributed by atoms with Crippen molar-refractivity contribution in [1.29, 1.82) is 0 Å². The van der Waals surface area contributed by atoms with Gasteiger partial charge in [0.2, 0.25) is 0 Å². The SMILES string of the molecule is CC(C)(C)OC(=O)NOCC(C(=O)O)c1ccc(O)cc1. The number of carbonyl (C=O) groups is 2. The van der Waals surface area contributed by atoms with Crippen LogP contribution in [0.1, 0.15) is 32.3 Å². The zero-order valence-electron chi connectivity index (χ0n) is 12.1. The number of carboxylic acids is 1. The number of aromatic hydroxyl groups is 1. The largest absolute Gasteiger partial charge is 0.508 e. The maximum absolute atomic E-state index is 11.4. The number of hydrogen-bond donors (Lipinski definition) is 3. The summed E-state index contributed by atoms with van der Waals surface area (Å²) in [6.45, 7) is 4.83. The number of carboxylic acid groups (broad SMARTS) is 1. The number of phenols is 1. The van der Waals surface area contributed by atoms with Gasteiger partial charge < -0.3 is 14.9 Å². The van der Waals surface area contributed by atoms with E-state index in [1.54, 1.807) is 20.8 Å². The molecule has 1 aromatic rings. The van der Waals surface area contributed by atoms with E-state index in [0.29, 0.717) is 5.56 Å². The minimum atomic E-state index is -1.10. The van der Waals surface area contributed by atoms with Crippen molar-refractivity contribution in [2.75, 3.05) is 6.61 Å². The number of rotatable bonds is 5. The number of benzene rings is 1. The Labute approximate surface area is 122 Å². The van der Waals surface area contributed by atoms with Gasteiger partial charge >= 0.3 is 12.1 Å². The van der Waals surface area contributed by atoms with Crippen LogP contribution in [-0.4, -0.2) is 34.5 Å². The van der Waals surface area contributed by atoms with Crippen LogP contribution in [0, 0.1) is 0 Å². The van der Waals surface area contributed by atoms with Gasteiger partial charge in [-0.2, -0.15) is 5.48 Å². The summed E-state index contributed by atoms with van der Waals surface area (Å²) in [5, 5.41) is 18.3. The predicted molar refractivity (Wildman–Crippen MR) is 73.8 cm³/mol. The van der Waals surface area contributed by atoms with Gasteiger partial charge in [0.05, 0.1) is 6.61 Å². The Bertz CT molecular complexity index is 491. The van der Waals surface area contributed by atoms with Gasteiger partial charge in [-0.3, -0.25) is 9.63 Å². The van der Waals surface area contributed by atoms with Crippen molar-refractivity contribution in [3.05, 3.63) is 29.8 Å². The van der Waals surface area contributed by atoms with Crippen molar-refractivity contribution in [1.82, 2.24) is 5.48 Å². The van der Waals surface area contributed by atoms with E-state index in [2.05, 4.69) is 0 Å². The number of nitrogens with one attached hydrogen (secondary N) is 1. The molecule has 0 aliphatic carbocycles. The lowest BCUT2D eigenvalue weighted by Crippen LogP contribution is -2.34. The first-order valence-corrected chi connectivity index (χ1v) is 6.31. The molecule has 0 bridgehead atoms. The highest BCUT2D eigenvalue weighted by Gasteiger charge is 2.22. The second-order valence-corrected chi connectivity index (χ2v) is 5.40. The Morgan fingerprint density at radius 2 is 1.81 bits per heavy atom. The van der Waals surface area contributed by atoms with Gasteiger partial charge in [-0.05, 0) is 38.5 Å². The molecular formula is C14H19NO6. The highest BCUT2D eigenvalue weighted by atomic mass is 16.7. The molecule has 0 heterocycles. The molecule has 0 saturated heterocycles. The molecule has 1 atom stereocenters. The van der Waals surface area contributed by atoms with Gasteiger partial charge in [-0.15, -0.1) is 0 Å². The van der Waals surface area contributed by atoms with Crippen molar-refractivity contribution < 1.29 is 29.4 Å². The van der Waals surface area contributed by atoms with Crippen LogP contribution >= 0.6 is 0 Å². The van der Waals surface area contributed by atoms with Gasteiger partial charge in [-0.1, -0.05) is 12.1 Å². The van der Waals surface area contributed by atoms with E-state index in [4.69, 9.17) is 14.7 Å². The molecule has 21 heavy (non-hydrogen) atoms. The van der Waals surface area contributed by atoms with Crippen molar-refractivity contribution >= 4 is 12.1 Å². The number of hydrogen-bond acceptors (Lipinski definition) is 5. The molecule has 0 aromatic heterocycles. The van der Waals surface area contributed by atoms with E-state index in [9.17, 15) is 14.7 Å². The maximum Gasteiger partial charge on any atom is 0.431 e. The number of phenolic OH excluding ortho intramolecular Hbond substituents is 1. The highest BCUT2D eigenvalue weighted by Crippen LogP contribution is 2.19. The lowest BCUT2D eigenvalue weighted by Gasteiger charge is -2.20. The third-order valence-electron chi connectivity index (χ3n) is 2.40. The molecule has 7 nitrogen and oxygen atoms in total. The Morgan fingerprint density at radius 3 is 2.29 bits per heavy atom. The molecule has 1 unspecified atom stereocenters.